The summed E-state index contributed by atoms with van der Waals surface area (Å²) in [7, 11) is -7.91. The summed E-state index contributed by atoms with van der Waals surface area (Å²) >= 11 is 5.93. The number of fused-ring (bicyclic) bond motifs is 1. The van der Waals surface area contributed by atoms with Gasteiger partial charge in [-0.1, -0.05) is 29.8 Å². The molecule has 4 aromatic rings. The molecule has 1 atom stereocenters. The van der Waals surface area contributed by atoms with Gasteiger partial charge in [0, 0.05) is 16.4 Å². The average Bonchev–Trinajstić information content (AvgIpc) is 2.94. The minimum Gasteiger partial charge on any atom is -0.476 e. The van der Waals surface area contributed by atoms with Crippen molar-refractivity contribution in [1.29, 1.82) is 0 Å². The molecule has 5 rings (SSSR count). The number of hydrogen-bond acceptors (Lipinski definition) is 6. The van der Waals surface area contributed by atoms with Crippen molar-refractivity contribution in [3.8, 4) is 5.75 Å². The number of hydrogen-bond donors (Lipinski definition) is 2. The van der Waals surface area contributed by atoms with Crippen LogP contribution >= 0.6 is 11.6 Å². The molecule has 1 amide bonds. The number of amides is 1. The zero-order valence-electron chi connectivity index (χ0n) is 22.0. The summed E-state index contributed by atoms with van der Waals surface area (Å²) in [5, 5.41) is 3.08. The van der Waals surface area contributed by atoms with Gasteiger partial charge in [0.15, 0.2) is 6.10 Å². The van der Waals surface area contributed by atoms with Crippen molar-refractivity contribution < 1.29 is 26.4 Å². The highest BCUT2D eigenvalue weighted by Crippen LogP contribution is 2.37. The predicted molar refractivity (Wildman–Crippen MR) is 159 cm³/mol. The second-order valence-corrected chi connectivity index (χ2v) is 13.5. The van der Waals surface area contributed by atoms with Crippen LogP contribution in [0, 0.1) is 13.8 Å². The molecule has 0 saturated heterocycles. The molecule has 41 heavy (non-hydrogen) atoms. The maximum Gasteiger partial charge on any atom is 0.267 e. The molecule has 12 heteroatoms. The van der Waals surface area contributed by atoms with E-state index in [4.69, 9.17) is 16.3 Å². The fraction of sp³-hybridized carbons (Fsp3) is 0.138. The Labute approximate surface area is 243 Å². The van der Waals surface area contributed by atoms with Crippen LogP contribution in [0.5, 0.6) is 5.75 Å². The number of benzene rings is 4. The van der Waals surface area contributed by atoms with Gasteiger partial charge in [-0.15, -0.1) is 0 Å². The van der Waals surface area contributed by atoms with Gasteiger partial charge in [-0.25, -0.2) is 16.8 Å². The van der Waals surface area contributed by atoms with Crippen molar-refractivity contribution in [3.63, 3.8) is 0 Å². The first kappa shape index (κ1) is 28.5. The van der Waals surface area contributed by atoms with Crippen LogP contribution in [0.3, 0.4) is 0 Å². The van der Waals surface area contributed by atoms with E-state index in [9.17, 15) is 21.6 Å². The highest BCUT2D eigenvalue weighted by molar-refractivity contribution is 7.93. The first-order valence-electron chi connectivity index (χ1n) is 12.5. The summed E-state index contributed by atoms with van der Waals surface area (Å²) in [6.45, 7) is 3.56. The quantitative estimate of drug-likeness (QED) is 0.290. The van der Waals surface area contributed by atoms with Crippen LogP contribution in [0.25, 0.3) is 0 Å². The van der Waals surface area contributed by atoms with E-state index in [2.05, 4.69) is 10.0 Å². The smallest absolute Gasteiger partial charge is 0.267 e. The Balaban J connectivity index is 1.33. The highest BCUT2D eigenvalue weighted by Gasteiger charge is 2.37. The third kappa shape index (κ3) is 6.02. The first-order chi connectivity index (χ1) is 19.4. The Morgan fingerprint density at radius 1 is 0.829 bits per heavy atom. The molecule has 1 aliphatic heterocycles. The summed E-state index contributed by atoms with van der Waals surface area (Å²) in [5.41, 5.74) is 3.06. The third-order valence-corrected chi connectivity index (χ3v) is 10.1. The molecular weight excluding hydrogens is 586 g/mol. The number of carbonyl (C=O) groups excluding carboxylic acids is 1. The Hall–Kier alpha value is -4.06. The lowest BCUT2D eigenvalue weighted by Crippen LogP contribution is -2.48. The minimum atomic E-state index is -4.04. The molecule has 212 valence electrons. The van der Waals surface area contributed by atoms with Gasteiger partial charge in [-0.2, -0.15) is 0 Å². The number of rotatable bonds is 7. The SMILES string of the molecule is Cc1ccc(NS(=O)(=O)c2ccc(NC(=O)C3CN(S(=O)(=O)c4ccc(Cl)cc4)c4ccccc4O3)cc2)cc1C. The molecule has 1 heterocycles. The van der Waals surface area contributed by atoms with Gasteiger partial charge in [0.05, 0.1) is 22.0 Å². The van der Waals surface area contributed by atoms with Gasteiger partial charge in [0.25, 0.3) is 26.0 Å². The monoisotopic (exact) mass is 611 g/mol. The second kappa shape index (κ2) is 11.1. The third-order valence-electron chi connectivity index (χ3n) is 6.62. The van der Waals surface area contributed by atoms with E-state index in [1.807, 2.05) is 19.9 Å². The van der Waals surface area contributed by atoms with Crippen LogP contribution < -0.4 is 19.1 Å². The number of aryl methyl sites for hydroxylation is 2. The van der Waals surface area contributed by atoms with E-state index < -0.39 is 32.1 Å². The Morgan fingerprint density at radius 2 is 1.46 bits per heavy atom. The van der Waals surface area contributed by atoms with Gasteiger partial charge in [-0.3, -0.25) is 13.8 Å². The summed E-state index contributed by atoms with van der Waals surface area (Å²) < 4.78 is 62.3. The number of nitrogens with zero attached hydrogens (tertiary/aromatic N) is 1. The van der Waals surface area contributed by atoms with Crippen molar-refractivity contribution in [1.82, 2.24) is 0 Å². The summed E-state index contributed by atoms with van der Waals surface area (Å²) in [6.07, 6.45) is -1.18. The van der Waals surface area contributed by atoms with Crippen molar-refractivity contribution >= 4 is 54.6 Å². The Kier molecular flexibility index (Phi) is 7.69. The van der Waals surface area contributed by atoms with Gasteiger partial charge in [0.1, 0.15) is 5.75 Å². The zero-order valence-corrected chi connectivity index (χ0v) is 24.4. The molecule has 4 aromatic carbocycles. The summed E-state index contributed by atoms with van der Waals surface area (Å²) in [4.78, 5) is 13.2. The van der Waals surface area contributed by atoms with Crippen LogP contribution in [-0.2, 0) is 24.8 Å². The Bertz CT molecular complexity index is 1830. The number of sulfonamides is 2. The number of nitrogens with one attached hydrogen (secondary N) is 2. The van der Waals surface area contributed by atoms with E-state index in [-0.39, 0.29) is 22.1 Å². The molecule has 0 spiro atoms. The fourth-order valence-corrected chi connectivity index (χ4v) is 6.91. The summed E-state index contributed by atoms with van der Waals surface area (Å²) in [6, 6.07) is 23.2. The average molecular weight is 612 g/mol. The molecule has 2 N–H and O–H groups in total. The second-order valence-electron chi connectivity index (χ2n) is 9.48. The number of ether oxygens (including phenoxy) is 1. The number of carbonyl (C=O) groups is 1. The Morgan fingerprint density at radius 3 is 2.15 bits per heavy atom. The van der Waals surface area contributed by atoms with Crippen molar-refractivity contribution in [2.75, 3.05) is 20.9 Å². The first-order valence-corrected chi connectivity index (χ1v) is 15.8. The maximum absolute atomic E-state index is 13.5. The molecule has 0 aromatic heterocycles. The molecule has 0 bridgehead atoms. The lowest BCUT2D eigenvalue weighted by molar-refractivity contribution is -0.122. The van der Waals surface area contributed by atoms with Gasteiger partial charge in [0.2, 0.25) is 0 Å². The normalized spacial score (nSPS) is 15.0. The molecule has 0 saturated carbocycles. The van der Waals surface area contributed by atoms with Crippen LogP contribution in [0.1, 0.15) is 11.1 Å². The maximum atomic E-state index is 13.5. The predicted octanol–water partition coefficient (Wildman–Crippen LogP) is 5.35. The summed E-state index contributed by atoms with van der Waals surface area (Å²) in [5.74, 6) is -0.366. The van der Waals surface area contributed by atoms with E-state index >= 15 is 0 Å². The molecular formula is C29H26ClN3O6S2. The van der Waals surface area contributed by atoms with Gasteiger partial charge in [-0.05, 0) is 97.8 Å². The van der Waals surface area contributed by atoms with Crippen LogP contribution in [0.4, 0.5) is 17.1 Å². The minimum absolute atomic E-state index is 0.0109. The highest BCUT2D eigenvalue weighted by atomic mass is 35.5. The van der Waals surface area contributed by atoms with Crippen molar-refractivity contribution in [2.45, 2.75) is 29.7 Å². The largest absolute Gasteiger partial charge is 0.476 e. The molecule has 9 nitrogen and oxygen atoms in total. The van der Waals surface area contributed by atoms with Gasteiger partial charge < -0.3 is 10.1 Å². The standard InChI is InChI=1S/C29H26ClN3O6S2/c1-19-7-10-23(17-20(19)2)32-40(35,36)24-15-11-22(12-16-24)31-29(34)28-18-33(26-5-3-4-6-27(26)39-28)41(37,38)25-13-8-21(30)9-14-25/h3-17,28,32H,18H2,1-2H3,(H,31,34). The zero-order chi connectivity index (χ0) is 29.4. The van der Waals surface area contributed by atoms with Crippen LogP contribution in [0.15, 0.2) is 101 Å². The number of para-hydroxylation sites is 2. The lowest BCUT2D eigenvalue weighted by atomic mass is 10.1. The van der Waals surface area contributed by atoms with E-state index in [1.54, 1.807) is 36.4 Å². The van der Waals surface area contributed by atoms with E-state index in [0.717, 1.165) is 15.4 Å². The van der Waals surface area contributed by atoms with Crippen LogP contribution in [0.2, 0.25) is 5.02 Å². The van der Waals surface area contributed by atoms with Gasteiger partial charge >= 0.3 is 0 Å². The number of halogens is 1. The molecule has 1 unspecified atom stereocenters. The van der Waals surface area contributed by atoms with Crippen LogP contribution in [-0.4, -0.2) is 35.4 Å². The number of anilines is 3. The van der Waals surface area contributed by atoms with Crippen molar-refractivity contribution in [3.05, 3.63) is 107 Å². The molecule has 0 radical (unpaired) electrons. The molecule has 0 fully saturated rings. The molecule has 0 aliphatic carbocycles. The van der Waals surface area contributed by atoms with E-state index in [0.29, 0.717) is 22.1 Å². The topological polar surface area (TPSA) is 122 Å². The lowest BCUT2D eigenvalue weighted by Gasteiger charge is -2.34. The fourth-order valence-electron chi connectivity index (χ4n) is 4.26. The van der Waals surface area contributed by atoms with Crippen molar-refractivity contribution in [2.24, 2.45) is 0 Å². The molecule has 1 aliphatic rings. The van der Waals surface area contributed by atoms with E-state index in [1.165, 1.54) is 48.5 Å².